The minimum Gasteiger partial charge on any atom is -0.311 e. The normalized spacial score (nSPS) is 17.9. The zero-order valence-electron chi connectivity index (χ0n) is 25.2. The summed E-state index contributed by atoms with van der Waals surface area (Å²) in [4.78, 5) is 4.73. The van der Waals surface area contributed by atoms with E-state index in [0.29, 0.717) is 11.8 Å². The summed E-state index contributed by atoms with van der Waals surface area (Å²) in [6.45, 7) is 8.83. The molecule has 42 heavy (non-hydrogen) atoms. The summed E-state index contributed by atoms with van der Waals surface area (Å²) in [7, 11) is 0. The van der Waals surface area contributed by atoms with Gasteiger partial charge in [0.1, 0.15) is 0 Å². The summed E-state index contributed by atoms with van der Waals surface area (Å²) in [5.41, 5.74) is 12.1. The van der Waals surface area contributed by atoms with Crippen molar-refractivity contribution in [2.75, 3.05) is 9.80 Å². The highest BCUT2D eigenvalue weighted by Crippen LogP contribution is 2.37. The first-order valence-electron chi connectivity index (χ1n) is 15.2. The van der Waals surface area contributed by atoms with Crippen molar-refractivity contribution in [3.8, 4) is 11.1 Å². The van der Waals surface area contributed by atoms with E-state index in [0.717, 1.165) is 12.8 Å². The highest BCUT2D eigenvalue weighted by molar-refractivity contribution is 5.76. The first kappa shape index (κ1) is 27.6. The van der Waals surface area contributed by atoms with Crippen LogP contribution in [0.15, 0.2) is 145 Å². The van der Waals surface area contributed by atoms with E-state index < -0.39 is 0 Å². The van der Waals surface area contributed by atoms with Gasteiger partial charge in [-0.2, -0.15) is 0 Å². The molecule has 0 amide bonds. The molecule has 210 valence electrons. The van der Waals surface area contributed by atoms with Crippen LogP contribution in [0.25, 0.3) is 11.1 Å². The van der Waals surface area contributed by atoms with Crippen molar-refractivity contribution in [3.63, 3.8) is 0 Å². The Hall–Kier alpha value is -4.56. The molecule has 0 heterocycles. The number of benzene rings is 4. The van der Waals surface area contributed by atoms with E-state index in [-0.39, 0.29) is 0 Å². The minimum atomic E-state index is 0.526. The van der Waals surface area contributed by atoms with Crippen LogP contribution in [0.1, 0.15) is 37.8 Å². The Bertz CT molecular complexity index is 1630. The second-order valence-electron chi connectivity index (χ2n) is 11.8. The van der Waals surface area contributed by atoms with Crippen LogP contribution in [0.2, 0.25) is 0 Å². The topological polar surface area (TPSA) is 6.48 Å². The lowest BCUT2D eigenvalue weighted by molar-refractivity contribution is 0.726. The van der Waals surface area contributed by atoms with Gasteiger partial charge in [-0.05, 0) is 110 Å². The van der Waals surface area contributed by atoms with Crippen LogP contribution in [0, 0.1) is 25.7 Å². The van der Waals surface area contributed by atoms with Crippen molar-refractivity contribution in [2.45, 2.75) is 40.5 Å². The molecular weight excluding hydrogens is 508 g/mol. The summed E-state index contributed by atoms with van der Waals surface area (Å²) >= 11 is 0. The largest absolute Gasteiger partial charge is 0.311 e. The van der Waals surface area contributed by atoms with E-state index in [4.69, 9.17) is 0 Å². The molecule has 0 fully saturated rings. The molecule has 0 aliphatic heterocycles. The second kappa shape index (κ2) is 12.1. The van der Waals surface area contributed by atoms with E-state index in [9.17, 15) is 0 Å². The van der Waals surface area contributed by atoms with Gasteiger partial charge in [0.05, 0.1) is 0 Å². The summed E-state index contributed by atoms with van der Waals surface area (Å²) in [6, 6.07) is 35.6. The monoisotopic (exact) mass is 548 g/mol. The average Bonchev–Trinajstić information content (AvgIpc) is 3.01. The van der Waals surface area contributed by atoms with Crippen LogP contribution in [-0.4, -0.2) is 0 Å². The summed E-state index contributed by atoms with van der Waals surface area (Å²) < 4.78 is 0. The zero-order chi connectivity index (χ0) is 29.1. The third kappa shape index (κ3) is 6.04. The molecule has 0 saturated heterocycles. The summed E-state index contributed by atoms with van der Waals surface area (Å²) in [6.07, 6.45) is 16.0. The number of hydrogen-bond acceptors (Lipinski definition) is 2. The van der Waals surface area contributed by atoms with Gasteiger partial charge < -0.3 is 9.80 Å². The SMILES string of the molecule is Cc1ccc(N(C2=CCC(C)C=C2)c2ccc(-c3ccc(N(C4=CC(C)CC=C4)c4ccc(C)cc4)cc3)cc2)cc1. The Labute approximate surface area is 251 Å². The first-order chi connectivity index (χ1) is 20.4. The summed E-state index contributed by atoms with van der Waals surface area (Å²) in [5.74, 6) is 1.10. The van der Waals surface area contributed by atoms with Crippen LogP contribution < -0.4 is 9.80 Å². The van der Waals surface area contributed by atoms with Crippen molar-refractivity contribution in [1.82, 2.24) is 0 Å². The lowest BCUT2D eigenvalue weighted by Gasteiger charge is -2.29. The van der Waals surface area contributed by atoms with Crippen LogP contribution in [0.5, 0.6) is 0 Å². The maximum Gasteiger partial charge on any atom is 0.0461 e. The zero-order valence-corrected chi connectivity index (χ0v) is 25.2. The van der Waals surface area contributed by atoms with E-state index in [1.54, 1.807) is 0 Å². The molecule has 0 bridgehead atoms. The number of rotatable bonds is 7. The third-order valence-electron chi connectivity index (χ3n) is 8.23. The van der Waals surface area contributed by atoms with Crippen molar-refractivity contribution < 1.29 is 0 Å². The minimum absolute atomic E-state index is 0.526. The number of allylic oxidation sites excluding steroid dienone is 6. The molecule has 2 aliphatic carbocycles. The molecule has 0 N–H and O–H groups in total. The molecule has 0 saturated carbocycles. The fourth-order valence-electron chi connectivity index (χ4n) is 5.74. The lowest BCUT2D eigenvalue weighted by atomic mass is 9.99. The molecule has 2 aliphatic rings. The van der Waals surface area contributed by atoms with Crippen LogP contribution >= 0.6 is 0 Å². The van der Waals surface area contributed by atoms with Crippen molar-refractivity contribution in [1.29, 1.82) is 0 Å². The van der Waals surface area contributed by atoms with Crippen molar-refractivity contribution >= 4 is 22.7 Å². The average molecular weight is 549 g/mol. The highest BCUT2D eigenvalue weighted by atomic mass is 15.2. The molecule has 4 aromatic carbocycles. The van der Waals surface area contributed by atoms with Gasteiger partial charge in [0.25, 0.3) is 0 Å². The van der Waals surface area contributed by atoms with E-state index in [2.05, 4.69) is 171 Å². The predicted octanol–water partition coefficient (Wildman–Crippen LogP) is 11.2. The van der Waals surface area contributed by atoms with Gasteiger partial charge in [-0.1, -0.05) is 97.8 Å². The molecule has 2 nitrogen and oxygen atoms in total. The molecule has 2 heteroatoms. The number of hydrogen-bond donors (Lipinski definition) is 0. The third-order valence-corrected chi connectivity index (χ3v) is 8.23. The Morgan fingerprint density at radius 2 is 0.952 bits per heavy atom. The Morgan fingerprint density at radius 3 is 1.38 bits per heavy atom. The number of aryl methyl sites for hydroxylation is 2. The molecule has 4 aromatic rings. The molecule has 2 atom stereocenters. The number of anilines is 4. The van der Waals surface area contributed by atoms with Crippen molar-refractivity contribution in [2.24, 2.45) is 11.8 Å². The molecule has 0 radical (unpaired) electrons. The van der Waals surface area contributed by atoms with Gasteiger partial charge in [-0.15, -0.1) is 0 Å². The first-order valence-corrected chi connectivity index (χ1v) is 15.2. The quantitative estimate of drug-likeness (QED) is 0.227. The molecule has 0 aromatic heterocycles. The fourth-order valence-corrected chi connectivity index (χ4v) is 5.74. The summed E-state index contributed by atoms with van der Waals surface area (Å²) in [5, 5.41) is 0. The molecular formula is C40H40N2. The predicted molar refractivity (Wildman–Crippen MR) is 181 cm³/mol. The Balaban J connectivity index is 1.30. The molecule has 2 unspecified atom stereocenters. The van der Waals surface area contributed by atoms with Gasteiger partial charge in [0.2, 0.25) is 0 Å². The van der Waals surface area contributed by atoms with Gasteiger partial charge in [-0.3, -0.25) is 0 Å². The standard InChI is InChI=1S/C40H40N2/c1-29-8-18-35(19-9-29)41(36-20-10-30(2)11-21-36)38-24-14-33(15-25-38)34-16-26-39(27-17-34)42(37-22-12-31(3)13-23-37)40-7-5-6-32(4)28-40/h5,7-10,12-28,30,32H,6,11H2,1-4H3. The van der Waals surface area contributed by atoms with E-state index in [1.165, 1.54) is 56.4 Å². The van der Waals surface area contributed by atoms with Crippen molar-refractivity contribution in [3.05, 3.63) is 156 Å². The van der Waals surface area contributed by atoms with Crippen LogP contribution in [-0.2, 0) is 0 Å². The fraction of sp³-hybridized carbons (Fsp3) is 0.200. The maximum atomic E-state index is 2.38. The van der Waals surface area contributed by atoms with Crippen LogP contribution in [0.3, 0.4) is 0 Å². The van der Waals surface area contributed by atoms with E-state index >= 15 is 0 Å². The number of nitrogens with zero attached hydrogens (tertiary/aromatic N) is 2. The van der Waals surface area contributed by atoms with Crippen LogP contribution in [0.4, 0.5) is 22.7 Å². The smallest absolute Gasteiger partial charge is 0.0461 e. The lowest BCUT2D eigenvalue weighted by Crippen LogP contribution is -2.17. The second-order valence-corrected chi connectivity index (χ2v) is 11.8. The maximum absolute atomic E-state index is 2.38. The van der Waals surface area contributed by atoms with Gasteiger partial charge in [-0.25, -0.2) is 0 Å². The Kier molecular flexibility index (Phi) is 7.97. The molecule has 0 spiro atoms. The van der Waals surface area contributed by atoms with Gasteiger partial charge >= 0.3 is 0 Å². The van der Waals surface area contributed by atoms with Gasteiger partial charge in [0.15, 0.2) is 0 Å². The van der Waals surface area contributed by atoms with E-state index in [1.807, 2.05) is 0 Å². The molecule has 6 rings (SSSR count). The Morgan fingerprint density at radius 1 is 0.500 bits per heavy atom. The van der Waals surface area contributed by atoms with Gasteiger partial charge in [0, 0.05) is 34.1 Å². The highest BCUT2D eigenvalue weighted by Gasteiger charge is 2.18.